The molecular weight excluding hydrogens is 258 g/mol. The first-order chi connectivity index (χ1) is 5.20. The van der Waals surface area contributed by atoms with Crippen LogP contribution >= 0.6 is 0 Å². The standard InChI is InChI=1S/3C3H8O.2V/c3*1-3(2)4;;/h3*3-4H,1-2H3;;/q;;;;+2. The predicted molar refractivity (Wildman–Crippen MR) is 52.1 cm³/mol. The van der Waals surface area contributed by atoms with Gasteiger partial charge in [0.15, 0.2) is 0 Å². The van der Waals surface area contributed by atoms with Crippen LogP contribution in [0.15, 0.2) is 0 Å². The fourth-order valence-corrected chi connectivity index (χ4v) is 0. The van der Waals surface area contributed by atoms with Gasteiger partial charge in [-0.25, -0.2) is 0 Å². The Morgan fingerprint density at radius 1 is 0.571 bits per heavy atom. The van der Waals surface area contributed by atoms with Crippen LogP contribution in [0.5, 0.6) is 0 Å². The van der Waals surface area contributed by atoms with Gasteiger partial charge in [-0.05, 0) is 41.5 Å². The van der Waals surface area contributed by atoms with E-state index in [1.807, 2.05) is 0 Å². The summed E-state index contributed by atoms with van der Waals surface area (Å²) >= 11 is 0. The molecule has 0 amide bonds. The molecule has 0 aliphatic carbocycles. The van der Waals surface area contributed by atoms with Crippen LogP contribution in [0.2, 0.25) is 0 Å². The van der Waals surface area contributed by atoms with Crippen molar-refractivity contribution in [2.45, 2.75) is 59.9 Å². The Kier molecular flexibility index (Phi) is 49.8. The molecule has 5 heteroatoms. The molecule has 0 rings (SSSR count). The van der Waals surface area contributed by atoms with Gasteiger partial charge in [-0.1, -0.05) is 0 Å². The van der Waals surface area contributed by atoms with Crippen LogP contribution in [0.25, 0.3) is 0 Å². The van der Waals surface area contributed by atoms with E-state index in [2.05, 4.69) is 0 Å². The summed E-state index contributed by atoms with van der Waals surface area (Å²) in [4.78, 5) is 0. The smallest absolute Gasteiger partial charge is 0.394 e. The third-order valence-corrected chi connectivity index (χ3v) is 0. The van der Waals surface area contributed by atoms with Crippen molar-refractivity contribution in [2.24, 2.45) is 0 Å². The van der Waals surface area contributed by atoms with E-state index in [9.17, 15) is 0 Å². The summed E-state index contributed by atoms with van der Waals surface area (Å²) in [5.74, 6) is 0. The maximum absolute atomic E-state index is 8.06. The van der Waals surface area contributed by atoms with Crippen molar-refractivity contribution in [1.82, 2.24) is 0 Å². The van der Waals surface area contributed by atoms with Crippen LogP contribution in [0, 0.1) is 0 Å². The second-order valence-corrected chi connectivity index (χ2v) is 3.28. The molecule has 0 bridgehead atoms. The monoisotopic (exact) mass is 282 g/mol. The minimum Gasteiger partial charge on any atom is -0.394 e. The first kappa shape index (κ1) is 29.4. The van der Waals surface area contributed by atoms with Gasteiger partial charge >= 0.3 is 18.6 Å². The Hall–Kier alpha value is 1.05. The third-order valence-electron chi connectivity index (χ3n) is 0. The summed E-state index contributed by atoms with van der Waals surface area (Å²) in [5.41, 5.74) is 0. The maximum atomic E-state index is 8.06. The fraction of sp³-hybridized carbons (Fsp3) is 1.00. The first-order valence-electron chi connectivity index (χ1n) is 4.24. The molecule has 3 N–H and O–H groups in total. The summed E-state index contributed by atoms with van der Waals surface area (Å²) < 4.78 is 0. The molecule has 0 heterocycles. The molecule has 0 atom stereocenters. The van der Waals surface area contributed by atoms with Crippen molar-refractivity contribution < 1.29 is 52.4 Å². The van der Waals surface area contributed by atoms with Gasteiger partial charge in [-0.3, -0.25) is 0 Å². The number of rotatable bonds is 0. The van der Waals surface area contributed by atoms with E-state index in [1.165, 1.54) is 0 Å². The topological polar surface area (TPSA) is 60.7 Å². The quantitative estimate of drug-likeness (QED) is 0.625. The molecule has 0 spiro atoms. The second kappa shape index (κ2) is 23.7. The average Bonchev–Trinajstić information content (AvgIpc) is 1.54. The van der Waals surface area contributed by atoms with Crippen molar-refractivity contribution in [3.8, 4) is 0 Å². The van der Waals surface area contributed by atoms with Gasteiger partial charge in [0.25, 0.3) is 0 Å². The zero-order valence-corrected chi connectivity index (χ0v) is 12.8. The van der Waals surface area contributed by atoms with Crippen molar-refractivity contribution in [2.75, 3.05) is 0 Å². The van der Waals surface area contributed by atoms with Crippen LogP contribution in [0.1, 0.15) is 41.5 Å². The summed E-state index contributed by atoms with van der Waals surface area (Å²) in [6, 6.07) is 0. The van der Waals surface area contributed by atoms with Crippen LogP contribution in [0.4, 0.5) is 0 Å². The zero-order chi connectivity index (χ0) is 10.7. The normalized spacial score (nSPS) is 7.71. The zero-order valence-electron chi connectivity index (χ0n) is 9.97. The fourth-order valence-electron chi connectivity index (χ4n) is 0. The van der Waals surface area contributed by atoms with Gasteiger partial charge in [0.2, 0.25) is 0 Å². The molecule has 0 aromatic heterocycles. The Bertz CT molecular complexity index is 46.5. The van der Waals surface area contributed by atoms with Crippen molar-refractivity contribution in [3.05, 3.63) is 0 Å². The van der Waals surface area contributed by atoms with E-state index >= 15 is 0 Å². The van der Waals surface area contributed by atoms with Gasteiger partial charge in [0.05, 0.1) is 0 Å². The Labute approximate surface area is 112 Å². The summed E-state index contributed by atoms with van der Waals surface area (Å²) in [5, 5.41) is 24.2. The predicted octanol–water partition coefficient (Wildman–Crippen LogP) is 1.16. The molecule has 0 fully saturated rings. The summed E-state index contributed by atoms with van der Waals surface area (Å²) in [6.45, 7) is 10.3. The van der Waals surface area contributed by atoms with E-state index in [0.717, 1.165) is 0 Å². The van der Waals surface area contributed by atoms with Gasteiger partial charge in [0.1, 0.15) is 0 Å². The van der Waals surface area contributed by atoms with Crippen molar-refractivity contribution in [3.63, 3.8) is 0 Å². The molecule has 86 valence electrons. The molecular formula is C9H24O3V2+2. The first-order valence-corrected chi connectivity index (χ1v) is 4.24. The largest absolute Gasteiger partial charge is 2.00 e. The van der Waals surface area contributed by atoms with E-state index in [1.54, 1.807) is 41.5 Å². The molecule has 0 aromatic rings. The second-order valence-electron chi connectivity index (χ2n) is 3.28. The van der Waals surface area contributed by atoms with E-state index < -0.39 is 0 Å². The number of aliphatic hydroxyl groups excluding tert-OH is 3. The van der Waals surface area contributed by atoms with E-state index in [4.69, 9.17) is 15.3 Å². The van der Waals surface area contributed by atoms with Crippen LogP contribution in [-0.2, 0) is 37.1 Å². The van der Waals surface area contributed by atoms with E-state index in [-0.39, 0.29) is 55.4 Å². The summed E-state index contributed by atoms with van der Waals surface area (Å²) in [7, 11) is 0. The Balaban J connectivity index is -0.0000000270. The number of aliphatic hydroxyl groups is 3. The van der Waals surface area contributed by atoms with Crippen LogP contribution in [0.3, 0.4) is 0 Å². The SMILES string of the molecule is CC(C)O.CC(C)O.CC(C)O.[V+2].[V]. The minimum atomic E-state index is -0.167. The van der Waals surface area contributed by atoms with Gasteiger partial charge in [-0.2, -0.15) is 0 Å². The van der Waals surface area contributed by atoms with Gasteiger partial charge < -0.3 is 15.3 Å². The summed E-state index contributed by atoms with van der Waals surface area (Å²) in [6.07, 6.45) is -0.500. The van der Waals surface area contributed by atoms with E-state index in [0.29, 0.717) is 0 Å². The van der Waals surface area contributed by atoms with Crippen molar-refractivity contribution in [1.29, 1.82) is 0 Å². The molecule has 0 unspecified atom stereocenters. The van der Waals surface area contributed by atoms with Crippen LogP contribution < -0.4 is 0 Å². The number of hydrogen-bond acceptors (Lipinski definition) is 3. The van der Waals surface area contributed by atoms with Gasteiger partial charge in [0, 0.05) is 36.9 Å². The molecule has 0 aliphatic heterocycles. The molecule has 0 aromatic carbocycles. The third kappa shape index (κ3) is 1720. The molecule has 0 saturated heterocycles. The molecule has 3 nitrogen and oxygen atoms in total. The van der Waals surface area contributed by atoms with Crippen molar-refractivity contribution >= 4 is 0 Å². The minimum absolute atomic E-state index is 0. The molecule has 0 saturated carbocycles. The van der Waals surface area contributed by atoms with Gasteiger partial charge in [-0.15, -0.1) is 0 Å². The average molecular weight is 282 g/mol. The maximum Gasteiger partial charge on any atom is 2.00 e. The molecule has 0 aliphatic rings. The Morgan fingerprint density at radius 3 is 0.571 bits per heavy atom. The molecule has 14 heavy (non-hydrogen) atoms. The molecule has 2 radical (unpaired) electrons. The Morgan fingerprint density at radius 2 is 0.571 bits per heavy atom. The number of hydrogen-bond donors (Lipinski definition) is 3. The van der Waals surface area contributed by atoms with Crippen LogP contribution in [-0.4, -0.2) is 33.6 Å².